The minimum absolute atomic E-state index is 0.0958. The number of nitrogens with zero attached hydrogens (tertiary/aromatic N) is 2. The van der Waals surface area contributed by atoms with Crippen LogP contribution in [0.4, 0.5) is 5.69 Å². The first-order valence-electron chi connectivity index (χ1n) is 8.34. The maximum absolute atomic E-state index is 12.1. The molecule has 0 aromatic heterocycles. The Bertz CT molecular complexity index is 801. The number of alkyl halides is 1. The number of sulfone groups is 1. The van der Waals surface area contributed by atoms with Gasteiger partial charge in [-0.1, -0.05) is 43.8 Å². The molecule has 0 aliphatic carbocycles. The second-order valence-electron chi connectivity index (χ2n) is 6.22. The number of aryl methyl sites for hydroxylation is 2. The molecule has 8 heteroatoms. The van der Waals surface area contributed by atoms with Crippen molar-refractivity contribution in [3.05, 3.63) is 29.3 Å². The van der Waals surface area contributed by atoms with Gasteiger partial charge in [0.1, 0.15) is 5.88 Å². The Balaban J connectivity index is 2.15. The van der Waals surface area contributed by atoms with Gasteiger partial charge in [-0.2, -0.15) is 4.99 Å². The molecule has 0 N–H and O–H groups in total. The van der Waals surface area contributed by atoms with Crippen molar-refractivity contribution < 1.29 is 13.2 Å². The topological polar surface area (TPSA) is 66.8 Å². The van der Waals surface area contributed by atoms with E-state index in [0.29, 0.717) is 5.17 Å². The van der Waals surface area contributed by atoms with Crippen molar-refractivity contribution in [1.82, 2.24) is 0 Å². The number of amidine groups is 1. The molecule has 0 radical (unpaired) electrons. The number of amides is 1. The number of para-hydroxylation sites is 1. The number of carbonyl (C=O) groups is 1. The zero-order chi connectivity index (χ0) is 18.2. The third-order valence-corrected chi connectivity index (χ3v) is 8.05. The summed E-state index contributed by atoms with van der Waals surface area (Å²) >= 11 is 7.01. The van der Waals surface area contributed by atoms with Crippen LogP contribution in [0, 0.1) is 0 Å². The monoisotopic (exact) mass is 400 g/mol. The van der Waals surface area contributed by atoms with Crippen molar-refractivity contribution in [2.24, 2.45) is 4.99 Å². The van der Waals surface area contributed by atoms with E-state index in [2.05, 4.69) is 31.0 Å². The first-order valence-corrected chi connectivity index (χ1v) is 11.6. The molecule has 2 fully saturated rings. The first-order chi connectivity index (χ1) is 11.9. The lowest BCUT2D eigenvalue weighted by Crippen LogP contribution is -2.39. The van der Waals surface area contributed by atoms with E-state index < -0.39 is 15.7 Å². The van der Waals surface area contributed by atoms with E-state index in [-0.39, 0.29) is 28.7 Å². The van der Waals surface area contributed by atoms with Gasteiger partial charge in [-0.3, -0.25) is 4.79 Å². The molecule has 0 saturated carbocycles. The van der Waals surface area contributed by atoms with Crippen LogP contribution < -0.4 is 4.90 Å². The van der Waals surface area contributed by atoms with Gasteiger partial charge < -0.3 is 4.90 Å². The van der Waals surface area contributed by atoms with Crippen LogP contribution in [-0.2, 0) is 27.5 Å². The molecule has 2 heterocycles. The maximum atomic E-state index is 12.1. The van der Waals surface area contributed by atoms with Gasteiger partial charge in [-0.05, 0) is 24.0 Å². The highest BCUT2D eigenvalue weighted by Crippen LogP contribution is 2.43. The number of hydrogen-bond donors (Lipinski definition) is 0. The molecule has 0 bridgehead atoms. The van der Waals surface area contributed by atoms with Crippen LogP contribution in [-0.4, -0.2) is 48.2 Å². The molecule has 1 aromatic carbocycles. The predicted octanol–water partition coefficient (Wildman–Crippen LogP) is 2.65. The smallest absolute Gasteiger partial charge is 0.262 e. The lowest BCUT2D eigenvalue weighted by molar-refractivity contribution is -0.115. The number of hydrogen-bond acceptors (Lipinski definition) is 4. The summed E-state index contributed by atoms with van der Waals surface area (Å²) < 4.78 is 24.3. The normalized spacial score (nSPS) is 26.2. The lowest BCUT2D eigenvalue weighted by Gasteiger charge is -2.29. The number of halogens is 1. The molecular weight excluding hydrogens is 380 g/mol. The van der Waals surface area contributed by atoms with Crippen molar-refractivity contribution in [2.45, 2.75) is 38.0 Å². The van der Waals surface area contributed by atoms with Gasteiger partial charge in [-0.15, -0.1) is 11.6 Å². The van der Waals surface area contributed by atoms with Gasteiger partial charge in [-0.25, -0.2) is 8.42 Å². The summed E-state index contributed by atoms with van der Waals surface area (Å²) in [5.74, 6) is -0.353. The average Bonchev–Trinajstić information content (AvgIpc) is 3.04. The number of anilines is 1. The van der Waals surface area contributed by atoms with E-state index in [0.717, 1.165) is 29.7 Å². The molecule has 2 aliphatic rings. The summed E-state index contributed by atoms with van der Waals surface area (Å²) in [6, 6.07) is 5.94. The fourth-order valence-corrected chi connectivity index (χ4v) is 7.46. The van der Waals surface area contributed by atoms with E-state index in [1.165, 1.54) is 11.8 Å². The standard InChI is InChI=1S/C17H21ClN2O3S2/c1-3-11-6-5-7-12(4-2)16(11)20-13-9-25(22,23)10-14(13)24-17(20)19-15(21)8-18/h5-7,13-14H,3-4,8-10H2,1-2H3/t13-,14-/m0/s1. The van der Waals surface area contributed by atoms with Crippen LogP contribution in [0.3, 0.4) is 0 Å². The van der Waals surface area contributed by atoms with Gasteiger partial charge in [0, 0.05) is 10.9 Å². The molecule has 2 aliphatic heterocycles. The van der Waals surface area contributed by atoms with Crippen LogP contribution >= 0.6 is 23.4 Å². The zero-order valence-electron chi connectivity index (χ0n) is 14.2. The highest BCUT2D eigenvalue weighted by molar-refractivity contribution is 8.16. The summed E-state index contributed by atoms with van der Waals surface area (Å²) in [4.78, 5) is 18.0. The second-order valence-corrected chi connectivity index (χ2v) is 9.85. The maximum Gasteiger partial charge on any atom is 0.262 e. The van der Waals surface area contributed by atoms with Crippen molar-refractivity contribution in [3.63, 3.8) is 0 Å². The lowest BCUT2D eigenvalue weighted by atomic mass is 10.0. The molecule has 0 unspecified atom stereocenters. The molecule has 2 saturated heterocycles. The van der Waals surface area contributed by atoms with E-state index >= 15 is 0 Å². The van der Waals surface area contributed by atoms with Crippen LogP contribution in [0.2, 0.25) is 0 Å². The summed E-state index contributed by atoms with van der Waals surface area (Å²) in [6.07, 6.45) is 1.65. The minimum atomic E-state index is -3.07. The number of aliphatic imine (C=N–C) groups is 1. The Morgan fingerprint density at radius 2 is 1.92 bits per heavy atom. The van der Waals surface area contributed by atoms with Gasteiger partial charge in [0.25, 0.3) is 5.91 Å². The fourth-order valence-electron chi connectivity index (χ4n) is 3.49. The Kier molecular flexibility index (Phi) is 5.46. The van der Waals surface area contributed by atoms with Crippen molar-refractivity contribution in [3.8, 4) is 0 Å². The minimum Gasteiger partial charge on any atom is -0.315 e. The molecule has 0 spiro atoms. The number of rotatable bonds is 4. The summed E-state index contributed by atoms with van der Waals surface area (Å²) in [7, 11) is -3.07. The molecular formula is C17H21ClN2O3S2. The van der Waals surface area contributed by atoms with E-state index in [4.69, 9.17) is 11.6 Å². The van der Waals surface area contributed by atoms with Crippen LogP contribution in [0.1, 0.15) is 25.0 Å². The van der Waals surface area contributed by atoms with Crippen molar-refractivity contribution in [2.75, 3.05) is 22.3 Å². The fraction of sp³-hybridized carbons (Fsp3) is 0.529. The van der Waals surface area contributed by atoms with E-state index in [1.54, 1.807) is 0 Å². The zero-order valence-corrected chi connectivity index (χ0v) is 16.6. The summed E-state index contributed by atoms with van der Waals surface area (Å²) in [5.41, 5.74) is 3.28. The van der Waals surface area contributed by atoms with Gasteiger partial charge >= 0.3 is 0 Å². The molecule has 1 amide bonds. The predicted molar refractivity (Wildman–Crippen MR) is 105 cm³/mol. The van der Waals surface area contributed by atoms with E-state index in [9.17, 15) is 13.2 Å². The quantitative estimate of drug-likeness (QED) is 0.727. The Morgan fingerprint density at radius 3 is 2.48 bits per heavy atom. The molecule has 2 atom stereocenters. The van der Waals surface area contributed by atoms with Crippen LogP contribution in [0.5, 0.6) is 0 Å². The molecule has 136 valence electrons. The van der Waals surface area contributed by atoms with Gasteiger partial charge in [0.05, 0.1) is 17.5 Å². The number of benzene rings is 1. The van der Waals surface area contributed by atoms with Gasteiger partial charge in [0.15, 0.2) is 15.0 Å². The van der Waals surface area contributed by atoms with Gasteiger partial charge in [0.2, 0.25) is 0 Å². The molecule has 1 aromatic rings. The van der Waals surface area contributed by atoms with Crippen LogP contribution in [0.15, 0.2) is 23.2 Å². The Morgan fingerprint density at radius 1 is 1.28 bits per heavy atom. The number of thioether (sulfide) groups is 1. The Hall–Kier alpha value is -1.05. The largest absolute Gasteiger partial charge is 0.315 e. The highest BCUT2D eigenvalue weighted by atomic mass is 35.5. The number of carbonyl (C=O) groups excluding carboxylic acids is 1. The summed E-state index contributed by atoms with van der Waals surface area (Å²) in [6.45, 7) is 4.15. The second kappa shape index (κ2) is 7.29. The average molecular weight is 401 g/mol. The molecule has 25 heavy (non-hydrogen) atoms. The van der Waals surface area contributed by atoms with E-state index in [1.807, 2.05) is 11.0 Å². The third kappa shape index (κ3) is 3.59. The molecule has 5 nitrogen and oxygen atoms in total. The third-order valence-electron chi connectivity index (χ3n) is 4.61. The highest BCUT2D eigenvalue weighted by Gasteiger charge is 2.50. The van der Waals surface area contributed by atoms with Crippen molar-refractivity contribution in [1.29, 1.82) is 0 Å². The molecule has 3 rings (SSSR count). The Labute approximate surface area is 157 Å². The van der Waals surface area contributed by atoms with Crippen LogP contribution in [0.25, 0.3) is 0 Å². The summed E-state index contributed by atoms with van der Waals surface area (Å²) in [5, 5.41) is 0.479. The SMILES string of the molecule is CCc1cccc(CC)c1N1C(=NC(=O)CCl)S[C@H]2CS(=O)(=O)C[C@@H]21. The first kappa shape index (κ1) is 18.7. The number of fused-ring (bicyclic) bond motifs is 1. The van der Waals surface area contributed by atoms with Crippen molar-refractivity contribution >= 4 is 50.0 Å².